The van der Waals surface area contributed by atoms with Gasteiger partial charge in [0.15, 0.2) is 11.5 Å². The molecule has 1 rings (SSSR count). The largest absolute Gasteiger partial charge is 0.493 e. The summed E-state index contributed by atoms with van der Waals surface area (Å²) >= 11 is 0. The number of ether oxygens (including phenoxy) is 3. The highest BCUT2D eigenvalue weighted by Gasteiger charge is 2.19. The van der Waals surface area contributed by atoms with E-state index in [9.17, 15) is 9.59 Å². The van der Waals surface area contributed by atoms with Gasteiger partial charge in [0.2, 0.25) is 0 Å². The Morgan fingerprint density at radius 1 is 1.17 bits per heavy atom. The summed E-state index contributed by atoms with van der Waals surface area (Å²) in [4.78, 5) is 25.6. The SMILES string of the molecule is CCOC(=O)CCN(CCC#N)C(=O)c1ccc(OC)c(OC)c1. The van der Waals surface area contributed by atoms with Gasteiger partial charge in [0.1, 0.15) is 0 Å². The van der Waals surface area contributed by atoms with E-state index in [1.807, 2.05) is 6.07 Å². The molecule has 1 aromatic carbocycles. The minimum absolute atomic E-state index is 0.0816. The molecule has 0 aromatic heterocycles. The fraction of sp³-hybridized carbons (Fsp3) is 0.471. The van der Waals surface area contributed by atoms with Crippen molar-refractivity contribution in [3.05, 3.63) is 23.8 Å². The highest BCUT2D eigenvalue weighted by Crippen LogP contribution is 2.28. The Morgan fingerprint density at radius 3 is 2.46 bits per heavy atom. The van der Waals surface area contributed by atoms with Crippen LogP contribution in [-0.2, 0) is 9.53 Å². The molecule has 0 radical (unpaired) electrons. The number of nitrogens with zero attached hydrogens (tertiary/aromatic N) is 2. The zero-order valence-electron chi connectivity index (χ0n) is 14.2. The van der Waals surface area contributed by atoms with Crippen LogP contribution in [0.4, 0.5) is 0 Å². The first-order chi connectivity index (χ1) is 11.6. The lowest BCUT2D eigenvalue weighted by atomic mass is 10.1. The van der Waals surface area contributed by atoms with Crippen LogP contribution >= 0.6 is 0 Å². The third kappa shape index (κ3) is 5.47. The third-order valence-corrected chi connectivity index (χ3v) is 3.30. The van der Waals surface area contributed by atoms with Crippen LogP contribution in [-0.4, -0.2) is 50.7 Å². The predicted octanol–water partition coefficient (Wildman–Crippen LogP) is 2.01. The standard InChI is InChI=1S/C17H22N2O5/c1-4-24-16(20)8-11-19(10-5-9-18)17(21)13-6-7-14(22-2)15(12-13)23-3/h6-7,12H,4-5,8,10-11H2,1-3H3. The van der Waals surface area contributed by atoms with Gasteiger partial charge < -0.3 is 19.1 Å². The van der Waals surface area contributed by atoms with E-state index in [0.717, 1.165) is 0 Å². The lowest BCUT2D eigenvalue weighted by molar-refractivity contribution is -0.143. The Bertz CT molecular complexity index is 609. The van der Waals surface area contributed by atoms with Crippen LogP contribution in [0, 0.1) is 11.3 Å². The van der Waals surface area contributed by atoms with Gasteiger partial charge in [-0.3, -0.25) is 9.59 Å². The van der Waals surface area contributed by atoms with Crippen LogP contribution in [0.1, 0.15) is 30.1 Å². The fourth-order valence-corrected chi connectivity index (χ4v) is 2.11. The first-order valence-electron chi connectivity index (χ1n) is 7.61. The molecule has 0 heterocycles. The first kappa shape index (κ1) is 19.3. The van der Waals surface area contributed by atoms with E-state index < -0.39 is 0 Å². The monoisotopic (exact) mass is 334 g/mol. The maximum atomic E-state index is 12.7. The average molecular weight is 334 g/mol. The average Bonchev–Trinajstić information content (AvgIpc) is 2.60. The van der Waals surface area contributed by atoms with Gasteiger partial charge in [-0.25, -0.2) is 0 Å². The molecule has 7 nitrogen and oxygen atoms in total. The number of carbonyl (C=O) groups excluding carboxylic acids is 2. The summed E-state index contributed by atoms with van der Waals surface area (Å²) in [6.45, 7) is 2.44. The van der Waals surface area contributed by atoms with Crippen molar-refractivity contribution in [1.29, 1.82) is 5.26 Å². The van der Waals surface area contributed by atoms with Crippen molar-refractivity contribution in [3.63, 3.8) is 0 Å². The fourth-order valence-electron chi connectivity index (χ4n) is 2.11. The number of hydrogen-bond acceptors (Lipinski definition) is 6. The molecule has 0 bridgehead atoms. The van der Waals surface area contributed by atoms with Gasteiger partial charge in [0.25, 0.3) is 5.91 Å². The quantitative estimate of drug-likeness (QED) is 0.642. The second-order valence-corrected chi connectivity index (χ2v) is 4.83. The van der Waals surface area contributed by atoms with Gasteiger partial charge in [-0.05, 0) is 25.1 Å². The number of esters is 1. The molecule has 0 N–H and O–H groups in total. The minimum atomic E-state index is -0.375. The van der Waals surface area contributed by atoms with Gasteiger partial charge in [0.05, 0.1) is 39.7 Å². The molecule has 1 amide bonds. The molecule has 0 aliphatic rings. The first-order valence-corrected chi connectivity index (χ1v) is 7.61. The molecular weight excluding hydrogens is 312 g/mol. The van der Waals surface area contributed by atoms with E-state index in [-0.39, 0.29) is 37.8 Å². The van der Waals surface area contributed by atoms with Crippen LogP contribution in [0.2, 0.25) is 0 Å². The van der Waals surface area contributed by atoms with Crippen molar-refractivity contribution in [2.75, 3.05) is 33.9 Å². The second-order valence-electron chi connectivity index (χ2n) is 4.83. The topological polar surface area (TPSA) is 88.9 Å². The van der Waals surface area contributed by atoms with Gasteiger partial charge in [-0.15, -0.1) is 0 Å². The Labute approximate surface area is 141 Å². The zero-order valence-corrected chi connectivity index (χ0v) is 14.2. The van der Waals surface area contributed by atoms with Gasteiger partial charge in [-0.2, -0.15) is 5.26 Å². The zero-order chi connectivity index (χ0) is 17.9. The molecule has 0 spiro atoms. The molecule has 0 saturated heterocycles. The number of amides is 1. The normalized spacial score (nSPS) is 9.75. The van der Waals surface area contributed by atoms with E-state index >= 15 is 0 Å². The second kappa shape index (κ2) is 10.1. The molecule has 0 atom stereocenters. The van der Waals surface area contributed by atoms with Crippen molar-refractivity contribution < 1.29 is 23.8 Å². The maximum Gasteiger partial charge on any atom is 0.307 e. The van der Waals surface area contributed by atoms with Crippen LogP contribution in [0.3, 0.4) is 0 Å². The smallest absolute Gasteiger partial charge is 0.307 e. The summed E-state index contributed by atoms with van der Waals surface area (Å²) in [5, 5.41) is 8.76. The molecule has 0 aliphatic carbocycles. The maximum absolute atomic E-state index is 12.7. The van der Waals surface area contributed by atoms with Crippen LogP contribution in [0.25, 0.3) is 0 Å². The van der Waals surface area contributed by atoms with E-state index in [0.29, 0.717) is 23.7 Å². The van der Waals surface area contributed by atoms with Crippen molar-refractivity contribution >= 4 is 11.9 Å². The van der Waals surface area contributed by atoms with E-state index in [2.05, 4.69) is 0 Å². The van der Waals surface area contributed by atoms with Crippen LogP contribution < -0.4 is 9.47 Å². The van der Waals surface area contributed by atoms with Gasteiger partial charge in [0, 0.05) is 18.7 Å². The summed E-state index contributed by atoms with van der Waals surface area (Å²) < 4.78 is 15.2. The highest BCUT2D eigenvalue weighted by atomic mass is 16.5. The molecule has 1 aromatic rings. The van der Waals surface area contributed by atoms with Crippen molar-refractivity contribution in [2.45, 2.75) is 19.8 Å². The molecular formula is C17H22N2O5. The van der Waals surface area contributed by atoms with Crippen molar-refractivity contribution in [3.8, 4) is 17.6 Å². The van der Waals surface area contributed by atoms with E-state index in [1.165, 1.54) is 19.1 Å². The minimum Gasteiger partial charge on any atom is -0.493 e. The number of rotatable bonds is 9. The lowest BCUT2D eigenvalue weighted by Crippen LogP contribution is -2.34. The molecule has 24 heavy (non-hydrogen) atoms. The van der Waals surface area contributed by atoms with Gasteiger partial charge >= 0.3 is 5.97 Å². The molecule has 0 fully saturated rings. The van der Waals surface area contributed by atoms with Crippen LogP contribution in [0.15, 0.2) is 18.2 Å². The summed E-state index contributed by atoms with van der Waals surface area (Å²) in [6.07, 6.45) is 0.264. The molecule has 130 valence electrons. The number of methoxy groups -OCH3 is 2. The molecule has 0 aliphatic heterocycles. The number of nitriles is 1. The van der Waals surface area contributed by atoms with Crippen molar-refractivity contribution in [1.82, 2.24) is 4.90 Å². The Kier molecular flexibility index (Phi) is 8.13. The number of carbonyl (C=O) groups is 2. The highest BCUT2D eigenvalue weighted by molar-refractivity contribution is 5.95. The summed E-state index contributed by atoms with van der Waals surface area (Å²) in [5.74, 6) is 0.299. The Morgan fingerprint density at radius 2 is 1.88 bits per heavy atom. The van der Waals surface area contributed by atoms with Crippen LogP contribution in [0.5, 0.6) is 11.5 Å². The predicted molar refractivity (Wildman–Crippen MR) is 86.9 cm³/mol. The van der Waals surface area contributed by atoms with Crippen molar-refractivity contribution in [2.24, 2.45) is 0 Å². The summed E-state index contributed by atoms with van der Waals surface area (Å²) in [6, 6.07) is 6.83. The Balaban J connectivity index is 2.90. The van der Waals surface area contributed by atoms with E-state index in [4.69, 9.17) is 19.5 Å². The Hall–Kier alpha value is -2.75. The summed E-state index contributed by atoms with van der Waals surface area (Å²) in [7, 11) is 3.00. The summed E-state index contributed by atoms with van der Waals surface area (Å²) in [5.41, 5.74) is 0.398. The molecule has 0 unspecified atom stereocenters. The number of hydrogen-bond donors (Lipinski definition) is 0. The van der Waals surface area contributed by atoms with Gasteiger partial charge in [-0.1, -0.05) is 0 Å². The molecule has 0 saturated carbocycles. The molecule has 7 heteroatoms. The number of benzene rings is 1. The van der Waals surface area contributed by atoms with E-state index in [1.54, 1.807) is 25.1 Å². The third-order valence-electron chi connectivity index (χ3n) is 3.30. The lowest BCUT2D eigenvalue weighted by Gasteiger charge is -2.21.